The van der Waals surface area contributed by atoms with E-state index in [1.54, 1.807) is 0 Å². The minimum Gasteiger partial charge on any atom is -0.759 e. The lowest BCUT2D eigenvalue weighted by Crippen LogP contribution is -2.10. The van der Waals surface area contributed by atoms with Crippen molar-refractivity contribution in [1.82, 2.24) is 0 Å². The molecule has 2 aromatic rings. The molecular weight excluding hydrogens is 344 g/mol. The molecule has 0 unspecified atom stereocenters. The average Bonchev–Trinajstić information content (AvgIpc) is 2.52. The molecular formula is C16H16N4O4S-2. The van der Waals surface area contributed by atoms with Crippen molar-refractivity contribution < 1.29 is 17.5 Å². The zero-order chi connectivity index (χ0) is 19.0. The highest BCUT2D eigenvalue weighted by Gasteiger charge is 1.96. The topological polar surface area (TPSA) is 180 Å². The van der Waals surface area contributed by atoms with Crippen LogP contribution in [-0.4, -0.2) is 29.2 Å². The van der Waals surface area contributed by atoms with Gasteiger partial charge in [-0.3, -0.25) is 19.2 Å². The molecule has 0 aliphatic carbocycles. The third-order valence-electron chi connectivity index (χ3n) is 2.91. The lowest BCUT2D eigenvalue weighted by atomic mass is 10.1. The fourth-order valence-corrected chi connectivity index (χ4v) is 1.74. The second-order valence-corrected chi connectivity index (χ2v) is 5.63. The highest BCUT2D eigenvalue weighted by molar-refractivity contribution is 7.79. The van der Waals surface area contributed by atoms with Crippen molar-refractivity contribution in [3.8, 4) is 0 Å². The van der Waals surface area contributed by atoms with Gasteiger partial charge in [-0.15, -0.1) is 0 Å². The van der Waals surface area contributed by atoms with Gasteiger partial charge in [-0.1, -0.05) is 60.7 Å². The van der Waals surface area contributed by atoms with Crippen LogP contribution in [0.5, 0.6) is 0 Å². The Hall–Kier alpha value is -3.01. The largest absolute Gasteiger partial charge is 0.759 e. The van der Waals surface area contributed by atoms with Crippen molar-refractivity contribution in [2.24, 2.45) is 11.5 Å². The third-order valence-corrected chi connectivity index (χ3v) is 2.91. The van der Waals surface area contributed by atoms with E-state index >= 15 is 0 Å². The van der Waals surface area contributed by atoms with E-state index in [4.69, 9.17) is 39.8 Å². The van der Waals surface area contributed by atoms with Gasteiger partial charge in [-0.05, 0) is 11.1 Å². The number of hydrogen-bond acceptors (Lipinski definition) is 6. The highest BCUT2D eigenvalue weighted by atomic mass is 32.3. The minimum absolute atomic E-state index is 0.0698. The molecule has 0 aliphatic heterocycles. The molecule has 0 saturated heterocycles. The maximum atomic E-state index is 8.52. The summed E-state index contributed by atoms with van der Waals surface area (Å²) in [7, 11) is -5.17. The molecule has 0 saturated carbocycles. The standard InChI is InChI=1S/C16H16N4.H2O4S/c17-15(18)13-7-3-11(4-8-13)1-2-12-5-9-14(10-6-12)16(19)20;1-5(2,3)4/h1-10H,(H3,17,18)(H3,19,20);(H2,1,2,3,4)/p-2/b2-1+;. The molecule has 0 aromatic heterocycles. The van der Waals surface area contributed by atoms with E-state index in [0.717, 1.165) is 11.1 Å². The van der Waals surface area contributed by atoms with Gasteiger partial charge in [-0.2, -0.15) is 0 Å². The molecule has 0 aliphatic rings. The summed E-state index contributed by atoms with van der Waals surface area (Å²) in [5.74, 6) is 0.140. The molecule has 0 radical (unpaired) electrons. The summed E-state index contributed by atoms with van der Waals surface area (Å²) in [4.78, 5) is 0. The Morgan fingerprint density at radius 3 is 1.20 bits per heavy atom. The van der Waals surface area contributed by atoms with E-state index in [0.29, 0.717) is 11.1 Å². The van der Waals surface area contributed by atoms with Crippen LogP contribution in [0.1, 0.15) is 22.3 Å². The maximum Gasteiger partial charge on any atom is 0.122 e. The lowest BCUT2D eigenvalue weighted by Gasteiger charge is -2.06. The van der Waals surface area contributed by atoms with Gasteiger partial charge >= 0.3 is 0 Å². The number of benzene rings is 2. The number of nitrogen functional groups attached to an aromatic ring is 2. The zero-order valence-electron chi connectivity index (χ0n) is 13.0. The molecule has 0 fully saturated rings. The molecule has 8 nitrogen and oxygen atoms in total. The van der Waals surface area contributed by atoms with Crippen LogP contribution in [0.25, 0.3) is 12.2 Å². The highest BCUT2D eigenvalue weighted by Crippen LogP contribution is 2.10. The number of nitrogens with two attached hydrogens (primary N) is 2. The first-order valence-electron chi connectivity index (χ1n) is 6.80. The Labute approximate surface area is 145 Å². The summed E-state index contributed by atoms with van der Waals surface area (Å²) >= 11 is 0. The fraction of sp³-hybridized carbons (Fsp3) is 0. The smallest absolute Gasteiger partial charge is 0.122 e. The minimum atomic E-state index is -5.17. The monoisotopic (exact) mass is 360 g/mol. The van der Waals surface area contributed by atoms with Gasteiger partial charge in [0, 0.05) is 21.5 Å². The van der Waals surface area contributed by atoms with Gasteiger partial charge < -0.3 is 20.6 Å². The molecule has 0 atom stereocenters. The summed E-state index contributed by atoms with van der Waals surface area (Å²) < 4.78 is 34.1. The van der Waals surface area contributed by atoms with E-state index in [1.807, 2.05) is 60.7 Å². The van der Waals surface area contributed by atoms with Gasteiger partial charge in [-0.25, -0.2) is 0 Å². The van der Waals surface area contributed by atoms with Gasteiger partial charge in [0.15, 0.2) is 0 Å². The van der Waals surface area contributed by atoms with Gasteiger partial charge in [0.1, 0.15) is 11.7 Å². The molecule has 2 aromatic carbocycles. The van der Waals surface area contributed by atoms with E-state index in [9.17, 15) is 0 Å². The summed E-state index contributed by atoms with van der Waals surface area (Å²) in [6.45, 7) is 0. The quantitative estimate of drug-likeness (QED) is 0.208. The van der Waals surface area contributed by atoms with Crippen LogP contribution in [-0.2, 0) is 10.4 Å². The van der Waals surface area contributed by atoms with E-state index in [-0.39, 0.29) is 11.7 Å². The van der Waals surface area contributed by atoms with Gasteiger partial charge in [0.2, 0.25) is 0 Å². The maximum absolute atomic E-state index is 8.52. The van der Waals surface area contributed by atoms with Crippen LogP contribution in [0.3, 0.4) is 0 Å². The van der Waals surface area contributed by atoms with Crippen LogP contribution >= 0.6 is 0 Å². The molecule has 2 rings (SSSR count). The van der Waals surface area contributed by atoms with E-state index in [1.165, 1.54) is 0 Å². The number of amidine groups is 2. The fourth-order valence-electron chi connectivity index (χ4n) is 1.74. The SMILES string of the molecule is N=C(N)c1ccc(/C=C/c2ccc(C(=N)N)cc2)cc1.O=S(=O)([O-])[O-]. The summed E-state index contributed by atoms with van der Waals surface area (Å²) in [5, 5.41) is 14.7. The first-order chi connectivity index (χ1) is 11.6. The normalized spacial score (nSPS) is 10.8. The van der Waals surface area contributed by atoms with Crippen LogP contribution < -0.4 is 11.5 Å². The Morgan fingerprint density at radius 1 is 0.760 bits per heavy atom. The van der Waals surface area contributed by atoms with Crippen molar-refractivity contribution in [3.05, 3.63) is 70.8 Å². The third kappa shape index (κ3) is 8.42. The first kappa shape index (κ1) is 20.0. The molecule has 0 amide bonds. The van der Waals surface area contributed by atoms with E-state index in [2.05, 4.69) is 0 Å². The van der Waals surface area contributed by atoms with Crippen molar-refractivity contribution in [2.45, 2.75) is 0 Å². The number of hydrogen-bond donors (Lipinski definition) is 4. The van der Waals surface area contributed by atoms with Gasteiger partial charge in [0.25, 0.3) is 0 Å². The van der Waals surface area contributed by atoms with Crippen LogP contribution in [0.2, 0.25) is 0 Å². The van der Waals surface area contributed by atoms with Crippen molar-refractivity contribution >= 4 is 34.2 Å². The second kappa shape index (κ2) is 8.73. The first-order valence-corrected chi connectivity index (χ1v) is 8.13. The molecule has 9 heteroatoms. The Morgan fingerprint density at radius 2 is 1.00 bits per heavy atom. The van der Waals surface area contributed by atoms with Gasteiger partial charge in [0.05, 0.1) is 0 Å². The number of rotatable bonds is 4. The van der Waals surface area contributed by atoms with Crippen molar-refractivity contribution in [3.63, 3.8) is 0 Å². The zero-order valence-corrected chi connectivity index (χ0v) is 13.8. The second-order valence-electron chi connectivity index (χ2n) is 4.81. The Bertz CT molecular complexity index is 806. The molecule has 6 N–H and O–H groups in total. The molecule has 25 heavy (non-hydrogen) atoms. The molecule has 0 heterocycles. The lowest BCUT2D eigenvalue weighted by molar-refractivity contribution is 0.352. The van der Waals surface area contributed by atoms with Crippen LogP contribution in [0, 0.1) is 10.8 Å². The Kier molecular flexibility index (Phi) is 7.00. The molecule has 0 spiro atoms. The average molecular weight is 360 g/mol. The predicted octanol–water partition coefficient (Wildman–Crippen LogP) is 1.09. The predicted molar refractivity (Wildman–Crippen MR) is 94.3 cm³/mol. The Balaban J connectivity index is 0.000000550. The van der Waals surface area contributed by atoms with Crippen LogP contribution in [0.4, 0.5) is 0 Å². The van der Waals surface area contributed by atoms with Crippen molar-refractivity contribution in [2.75, 3.05) is 0 Å². The number of nitrogens with one attached hydrogen (secondary N) is 2. The molecule has 132 valence electrons. The summed E-state index contributed by atoms with van der Waals surface area (Å²) in [6, 6.07) is 14.9. The summed E-state index contributed by atoms with van der Waals surface area (Å²) in [6.07, 6.45) is 3.96. The van der Waals surface area contributed by atoms with Crippen molar-refractivity contribution in [1.29, 1.82) is 10.8 Å². The van der Waals surface area contributed by atoms with Crippen LogP contribution in [0.15, 0.2) is 48.5 Å². The molecule has 0 bridgehead atoms. The summed E-state index contributed by atoms with van der Waals surface area (Å²) in [5.41, 5.74) is 14.3. The van der Waals surface area contributed by atoms with E-state index < -0.39 is 10.4 Å².